The molecule has 2 aromatic rings. The van der Waals surface area contributed by atoms with Crippen LogP contribution in [0.5, 0.6) is 0 Å². The van der Waals surface area contributed by atoms with Crippen LogP contribution in [0.15, 0.2) is 60.7 Å². The van der Waals surface area contributed by atoms with Gasteiger partial charge in [-0.2, -0.15) is 0 Å². The van der Waals surface area contributed by atoms with Crippen LogP contribution in [0.1, 0.15) is 20.7 Å². The van der Waals surface area contributed by atoms with Gasteiger partial charge in [0.15, 0.2) is 12.2 Å². The Balaban J connectivity index is 1.86. The van der Waals surface area contributed by atoms with Crippen LogP contribution in [0.25, 0.3) is 0 Å². The first-order valence-electron chi connectivity index (χ1n) is 9.03. The fourth-order valence-electron chi connectivity index (χ4n) is 3.25. The fraction of sp³-hybridized carbons (Fsp3) is 0.333. The van der Waals surface area contributed by atoms with E-state index in [0.717, 1.165) is 0 Å². The number of esters is 2. The number of hydrogen-bond donors (Lipinski definition) is 3. The predicted molar refractivity (Wildman–Crippen MR) is 100 cm³/mol. The molecule has 0 spiro atoms. The number of methoxy groups -OCH3 is 1. The molecule has 2 aromatic carbocycles. The van der Waals surface area contributed by atoms with Crippen LogP contribution in [0.2, 0.25) is 0 Å². The van der Waals surface area contributed by atoms with Gasteiger partial charge in [0.05, 0.1) is 11.1 Å². The minimum absolute atomic E-state index is 0.200. The van der Waals surface area contributed by atoms with E-state index in [-0.39, 0.29) is 11.1 Å². The van der Waals surface area contributed by atoms with Gasteiger partial charge in [-0.25, -0.2) is 9.59 Å². The molecule has 3 rings (SSSR count). The van der Waals surface area contributed by atoms with Crippen molar-refractivity contribution in [1.82, 2.24) is 0 Å². The van der Waals surface area contributed by atoms with E-state index in [1.165, 1.54) is 31.4 Å². The number of hydrogen-bond acceptors (Lipinski definition) is 8. The highest BCUT2D eigenvalue weighted by Gasteiger charge is 2.53. The summed E-state index contributed by atoms with van der Waals surface area (Å²) in [6, 6.07) is 16.0. The fourth-order valence-corrected chi connectivity index (χ4v) is 3.25. The highest BCUT2D eigenvalue weighted by molar-refractivity contribution is 5.90. The molecule has 8 heteroatoms. The number of ether oxygens (including phenoxy) is 3. The van der Waals surface area contributed by atoms with Crippen LogP contribution in [0, 0.1) is 0 Å². The first-order chi connectivity index (χ1) is 13.9. The van der Waals surface area contributed by atoms with E-state index in [1.807, 2.05) is 0 Å². The summed E-state index contributed by atoms with van der Waals surface area (Å²) in [7, 11) is 1.23. The lowest BCUT2D eigenvalue weighted by Crippen LogP contribution is -2.66. The summed E-state index contributed by atoms with van der Waals surface area (Å²) in [5, 5.41) is 31.4. The van der Waals surface area contributed by atoms with Crippen molar-refractivity contribution < 1.29 is 39.1 Å². The summed E-state index contributed by atoms with van der Waals surface area (Å²) in [6.07, 6.45) is -8.96. The van der Waals surface area contributed by atoms with Gasteiger partial charge >= 0.3 is 11.9 Å². The Bertz CT molecular complexity index is 825. The Morgan fingerprint density at radius 2 is 1.03 bits per heavy atom. The molecule has 0 bridgehead atoms. The second-order valence-electron chi connectivity index (χ2n) is 6.64. The van der Waals surface area contributed by atoms with E-state index in [1.54, 1.807) is 36.4 Å². The standard InChI is InChI=1S/C21H22O8/c1-27-17-14(22)15(23)18(28-20(25)12-8-4-2-5-9-12)19(16(17)24)29-21(26)13-10-6-3-7-11-13/h2-11,14-19,22-24H,1H3/t14-,15-,16+,17-,18-,19-/m1/s1. The normalized spacial score (nSPS) is 29.1. The molecule has 154 valence electrons. The second-order valence-corrected chi connectivity index (χ2v) is 6.64. The van der Waals surface area contributed by atoms with E-state index < -0.39 is 48.6 Å². The molecule has 3 N–H and O–H groups in total. The Morgan fingerprint density at radius 3 is 1.45 bits per heavy atom. The summed E-state index contributed by atoms with van der Waals surface area (Å²) >= 11 is 0. The Kier molecular flexibility index (Phi) is 6.60. The van der Waals surface area contributed by atoms with Crippen molar-refractivity contribution >= 4 is 11.9 Å². The van der Waals surface area contributed by atoms with Crippen molar-refractivity contribution in [1.29, 1.82) is 0 Å². The van der Waals surface area contributed by atoms with Gasteiger partial charge in [0.1, 0.15) is 24.4 Å². The number of carbonyl (C=O) groups excluding carboxylic acids is 2. The number of benzene rings is 2. The molecule has 0 heterocycles. The molecule has 0 amide bonds. The maximum atomic E-state index is 12.5. The van der Waals surface area contributed by atoms with E-state index in [2.05, 4.69) is 0 Å². The van der Waals surface area contributed by atoms with Gasteiger partial charge in [-0.1, -0.05) is 36.4 Å². The summed E-state index contributed by atoms with van der Waals surface area (Å²) in [5.41, 5.74) is 0.410. The number of aliphatic hydroxyl groups excluding tert-OH is 3. The first kappa shape index (κ1) is 20.9. The van der Waals surface area contributed by atoms with Crippen LogP contribution in [-0.2, 0) is 14.2 Å². The molecule has 0 radical (unpaired) electrons. The maximum Gasteiger partial charge on any atom is 0.338 e. The molecule has 1 aliphatic rings. The van der Waals surface area contributed by atoms with Gasteiger partial charge in [-0.15, -0.1) is 0 Å². The van der Waals surface area contributed by atoms with E-state index in [0.29, 0.717) is 0 Å². The molecule has 1 saturated carbocycles. The van der Waals surface area contributed by atoms with Crippen molar-refractivity contribution in [2.24, 2.45) is 0 Å². The molecule has 29 heavy (non-hydrogen) atoms. The molecule has 6 atom stereocenters. The Hall–Kier alpha value is -2.78. The average molecular weight is 402 g/mol. The maximum absolute atomic E-state index is 12.5. The zero-order valence-corrected chi connectivity index (χ0v) is 15.6. The molecule has 0 unspecified atom stereocenters. The van der Waals surface area contributed by atoms with Gasteiger partial charge < -0.3 is 29.5 Å². The van der Waals surface area contributed by atoms with E-state index >= 15 is 0 Å². The van der Waals surface area contributed by atoms with Crippen LogP contribution >= 0.6 is 0 Å². The third-order valence-electron chi connectivity index (χ3n) is 4.80. The van der Waals surface area contributed by atoms with Crippen molar-refractivity contribution in [3.05, 3.63) is 71.8 Å². The van der Waals surface area contributed by atoms with Crippen molar-refractivity contribution in [3.8, 4) is 0 Å². The van der Waals surface area contributed by atoms with Gasteiger partial charge in [-0.3, -0.25) is 0 Å². The van der Waals surface area contributed by atoms with Crippen molar-refractivity contribution in [2.75, 3.05) is 7.11 Å². The monoisotopic (exact) mass is 402 g/mol. The predicted octanol–water partition coefficient (Wildman–Crippen LogP) is 0.549. The molecular weight excluding hydrogens is 380 g/mol. The third kappa shape index (κ3) is 4.46. The first-order valence-corrected chi connectivity index (χ1v) is 9.03. The summed E-state index contributed by atoms with van der Waals surface area (Å²) in [4.78, 5) is 24.9. The lowest BCUT2D eigenvalue weighted by Gasteiger charge is -2.43. The van der Waals surface area contributed by atoms with E-state index in [9.17, 15) is 24.9 Å². The SMILES string of the molecule is CO[C@@H]1[C@H](O)[C@@H](O)[C@@H](OC(=O)c2ccccc2)[C@H](OC(=O)c2ccccc2)[C@H]1O. The highest BCUT2D eigenvalue weighted by Crippen LogP contribution is 2.29. The van der Waals surface area contributed by atoms with Gasteiger partial charge in [0.2, 0.25) is 0 Å². The lowest BCUT2D eigenvalue weighted by atomic mass is 9.84. The van der Waals surface area contributed by atoms with Crippen molar-refractivity contribution in [2.45, 2.75) is 36.6 Å². The van der Waals surface area contributed by atoms with Crippen LogP contribution in [0.4, 0.5) is 0 Å². The van der Waals surface area contributed by atoms with Crippen molar-refractivity contribution in [3.63, 3.8) is 0 Å². The number of aliphatic hydroxyl groups is 3. The molecule has 0 saturated heterocycles. The van der Waals surface area contributed by atoms with Gasteiger partial charge in [0.25, 0.3) is 0 Å². The second kappa shape index (κ2) is 9.15. The number of rotatable bonds is 5. The molecule has 8 nitrogen and oxygen atoms in total. The van der Waals surface area contributed by atoms with Crippen LogP contribution in [-0.4, -0.2) is 71.0 Å². The minimum Gasteiger partial charge on any atom is -0.452 e. The largest absolute Gasteiger partial charge is 0.452 e. The van der Waals surface area contributed by atoms with Gasteiger partial charge in [-0.05, 0) is 24.3 Å². The minimum atomic E-state index is -1.65. The summed E-state index contributed by atoms with van der Waals surface area (Å²) in [6.45, 7) is 0. The summed E-state index contributed by atoms with van der Waals surface area (Å²) < 4.78 is 15.8. The quantitative estimate of drug-likeness (QED) is 0.620. The smallest absolute Gasteiger partial charge is 0.338 e. The van der Waals surface area contributed by atoms with E-state index in [4.69, 9.17) is 14.2 Å². The molecule has 0 aliphatic heterocycles. The average Bonchev–Trinajstić information content (AvgIpc) is 2.76. The molecule has 0 aromatic heterocycles. The summed E-state index contributed by atoms with van der Waals surface area (Å²) in [5.74, 6) is -1.58. The van der Waals surface area contributed by atoms with Crippen LogP contribution < -0.4 is 0 Å². The topological polar surface area (TPSA) is 123 Å². The lowest BCUT2D eigenvalue weighted by molar-refractivity contribution is -0.229. The van der Waals surface area contributed by atoms with Gasteiger partial charge in [0, 0.05) is 7.11 Å². The number of carbonyl (C=O) groups is 2. The molecule has 1 aliphatic carbocycles. The van der Waals surface area contributed by atoms with Crippen LogP contribution in [0.3, 0.4) is 0 Å². The zero-order valence-electron chi connectivity index (χ0n) is 15.6. The third-order valence-corrected chi connectivity index (χ3v) is 4.80. The highest BCUT2D eigenvalue weighted by atomic mass is 16.6. The Morgan fingerprint density at radius 1 is 0.655 bits per heavy atom. The Labute approximate surface area is 167 Å². The zero-order chi connectivity index (χ0) is 21.0. The molecular formula is C21H22O8. The molecule has 1 fully saturated rings.